The molecule has 0 spiro atoms. The van der Waals surface area contributed by atoms with Crippen LogP contribution in [-0.4, -0.2) is 43.5 Å². The molecule has 1 aromatic carbocycles. The lowest BCUT2D eigenvalue weighted by Crippen LogP contribution is -2.32. The average molecular weight is 315 g/mol. The number of hydrogen-bond acceptors (Lipinski definition) is 5. The first-order valence-electron chi connectivity index (χ1n) is 6.73. The van der Waals surface area contributed by atoms with E-state index in [1.807, 2.05) is 6.07 Å². The molecule has 0 amide bonds. The Balaban J connectivity index is 2.35. The highest BCUT2D eigenvalue weighted by atomic mass is 32.2. The van der Waals surface area contributed by atoms with E-state index in [1.165, 1.54) is 22.7 Å². The van der Waals surface area contributed by atoms with Crippen molar-refractivity contribution in [2.45, 2.75) is 19.9 Å². The van der Waals surface area contributed by atoms with Crippen LogP contribution in [0.5, 0.6) is 0 Å². The molecule has 0 unspecified atom stereocenters. The Morgan fingerprint density at radius 1 is 1.38 bits per heavy atom. The summed E-state index contributed by atoms with van der Waals surface area (Å²) in [6.07, 6.45) is 1.89. The molecule has 1 aromatic rings. The molecule has 0 aliphatic rings. The standard InChI is InChI=1S/C13H21N3O4S/c1-3-15(21(2,19)20)9-5-8-14-11-12-6-4-7-13(10-12)16(17)18/h4,6-7,10,14H,3,5,8-9,11H2,1-2H3. The van der Waals surface area contributed by atoms with Crippen molar-refractivity contribution >= 4 is 15.7 Å². The van der Waals surface area contributed by atoms with Gasteiger partial charge in [0.05, 0.1) is 11.2 Å². The molecule has 1 rings (SSSR count). The molecule has 118 valence electrons. The zero-order valence-corrected chi connectivity index (χ0v) is 13.1. The first-order chi connectivity index (χ1) is 9.84. The minimum absolute atomic E-state index is 0.0727. The molecule has 1 N–H and O–H groups in total. The van der Waals surface area contributed by atoms with Crippen molar-refractivity contribution in [2.24, 2.45) is 0 Å². The fraction of sp³-hybridized carbons (Fsp3) is 0.538. The zero-order chi connectivity index (χ0) is 15.9. The van der Waals surface area contributed by atoms with E-state index in [0.29, 0.717) is 32.6 Å². The van der Waals surface area contributed by atoms with Gasteiger partial charge in [0.25, 0.3) is 5.69 Å². The van der Waals surface area contributed by atoms with Crippen molar-refractivity contribution in [2.75, 3.05) is 25.9 Å². The van der Waals surface area contributed by atoms with Gasteiger partial charge in [-0.15, -0.1) is 0 Å². The lowest BCUT2D eigenvalue weighted by atomic mass is 10.2. The summed E-state index contributed by atoms with van der Waals surface area (Å²) in [6, 6.07) is 6.45. The van der Waals surface area contributed by atoms with Gasteiger partial charge in [-0.25, -0.2) is 12.7 Å². The van der Waals surface area contributed by atoms with Gasteiger partial charge in [0, 0.05) is 31.8 Å². The van der Waals surface area contributed by atoms with Crippen LogP contribution < -0.4 is 5.32 Å². The Hall–Kier alpha value is -1.51. The van der Waals surface area contributed by atoms with E-state index < -0.39 is 14.9 Å². The fourth-order valence-electron chi connectivity index (χ4n) is 1.95. The number of sulfonamides is 1. The number of hydrogen-bond donors (Lipinski definition) is 1. The Labute approximate surface area is 125 Å². The molecule has 0 fully saturated rings. The van der Waals surface area contributed by atoms with Crippen LogP contribution >= 0.6 is 0 Å². The Kier molecular flexibility index (Phi) is 6.73. The second-order valence-electron chi connectivity index (χ2n) is 4.71. The third-order valence-corrected chi connectivity index (χ3v) is 4.41. The van der Waals surface area contributed by atoms with Gasteiger partial charge < -0.3 is 5.32 Å². The lowest BCUT2D eigenvalue weighted by Gasteiger charge is -2.17. The second-order valence-corrected chi connectivity index (χ2v) is 6.69. The molecular formula is C13H21N3O4S. The summed E-state index contributed by atoms with van der Waals surface area (Å²) >= 11 is 0. The SMILES string of the molecule is CCN(CCCNCc1cccc([N+](=O)[O-])c1)S(C)(=O)=O. The van der Waals surface area contributed by atoms with Gasteiger partial charge in [-0.05, 0) is 18.5 Å². The van der Waals surface area contributed by atoms with Gasteiger partial charge in [0.1, 0.15) is 0 Å². The summed E-state index contributed by atoms with van der Waals surface area (Å²) in [7, 11) is -3.14. The molecule has 0 heterocycles. The van der Waals surface area contributed by atoms with Crippen LogP contribution in [0.15, 0.2) is 24.3 Å². The van der Waals surface area contributed by atoms with Gasteiger partial charge in [-0.2, -0.15) is 0 Å². The molecule has 0 saturated carbocycles. The molecule has 0 bridgehead atoms. The monoisotopic (exact) mass is 315 g/mol. The highest BCUT2D eigenvalue weighted by molar-refractivity contribution is 7.88. The topological polar surface area (TPSA) is 92.5 Å². The Morgan fingerprint density at radius 2 is 2.10 bits per heavy atom. The van der Waals surface area contributed by atoms with Crippen molar-refractivity contribution < 1.29 is 13.3 Å². The van der Waals surface area contributed by atoms with E-state index in [0.717, 1.165) is 5.56 Å². The number of benzene rings is 1. The van der Waals surface area contributed by atoms with Crippen molar-refractivity contribution in [1.82, 2.24) is 9.62 Å². The van der Waals surface area contributed by atoms with E-state index in [4.69, 9.17) is 0 Å². The summed E-state index contributed by atoms with van der Waals surface area (Å²) in [4.78, 5) is 10.2. The molecule has 21 heavy (non-hydrogen) atoms. The maximum atomic E-state index is 11.4. The maximum Gasteiger partial charge on any atom is 0.269 e. The molecule has 0 atom stereocenters. The van der Waals surface area contributed by atoms with Gasteiger partial charge in [-0.1, -0.05) is 19.1 Å². The normalized spacial score (nSPS) is 11.8. The highest BCUT2D eigenvalue weighted by Crippen LogP contribution is 2.12. The summed E-state index contributed by atoms with van der Waals surface area (Å²) in [6.45, 7) is 3.90. The fourth-order valence-corrected chi connectivity index (χ4v) is 2.88. The van der Waals surface area contributed by atoms with Crippen LogP contribution in [0.4, 0.5) is 5.69 Å². The number of non-ortho nitro benzene ring substituents is 1. The third kappa shape index (κ3) is 6.19. The summed E-state index contributed by atoms with van der Waals surface area (Å²) in [5.74, 6) is 0. The van der Waals surface area contributed by atoms with E-state index in [9.17, 15) is 18.5 Å². The molecule has 0 radical (unpaired) electrons. The molecule has 8 heteroatoms. The molecule has 0 aromatic heterocycles. The van der Waals surface area contributed by atoms with Crippen LogP contribution in [0.1, 0.15) is 18.9 Å². The van der Waals surface area contributed by atoms with Crippen LogP contribution in [0.3, 0.4) is 0 Å². The number of nitro benzene ring substituents is 1. The maximum absolute atomic E-state index is 11.4. The van der Waals surface area contributed by atoms with Gasteiger partial charge in [0.15, 0.2) is 0 Å². The highest BCUT2D eigenvalue weighted by Gasteiger charge is 2.13. The molecule has 0 aliphatic carbocycles. The van der Waals surface area contributed by atoms with Crippen LogP contribution in [0.2, 0.25) is 0 Å². The minimum Gasteiger partial charge on any atom is -0.313 e. The number of nitrogens with one attached hydrogen (secondary N) is 1. The quantitative estimate of drug-likeness (QED) is 0.422. The van der Waals surface area contributed by atoms with E-state index in [1.54, 1.807) is 13.0 Å². The zero-order valence-electron chi connectivity index (χ0n) is 12.3. The van der Waals surface area contributed by atoms with Crippen molar-refractivity contribution in [3.05, 3.63) is 39.9 Å². The molecule has 7 nitrogen and oxygen atoms in total. The number of nitrogens with zero attached hydrogens (tertiary/aromatic N) is 2. The smallest absolute Gasteiger partial charge is 0.269 e. The van der Waals surface area contributed by atoms with E-state index in [-0.39, 0.29) is 5.69 Å². The van der Waals surface area contributed by atoms with Crippen molar-refractivity contribution in [1.29, 1.82) is 0 Å². The van der Waals surface area contributed by atoms with E-state index in [2.05, 4.69) is 5.32 Å². The van der Waals surface area contributed by atoms with Crippen LogP contribution in [-0.2, 0) is 16.6 Å². The minimum atomic E-state index is -3.14. The first kappa shape index (κ1) is 17.5. The summed E-state index contributed by atoms with van der Waals surface area (Å²) < 4.78 is 24.2. The average Bonchev–Trinajstić information content (AvgIpc) is 2.41. The first-order valence-corrected chi connectivity index (χ1v) is 8.58. The van der Waals surface area contributed by atoms with Crippen molar-refractivity contribution in [3.63, 3.8) is 0 Å². The second kappa shape index (κ2) is 8.06. The third-order valence-electron chi connectivity index (χ3n) is 3.03. The predicted molar refractivity (Wildman–Crippen MR) is 81.5 cm³/mol. The summed E-state index contributed by atoms with van der Waals surface area (Å²) in [5, 5.41) is 13.8. The van der Waals surface area contributed by atoms with Crippen LogP contribution in [0, 0.1) is 10.1 Å². The summed E-state index contributed by atoms with van der Waals surface area (Å²) in [5.41, 5.74) is 0.906. The Bertz CT molecular complexity index is 575. The molecule has 0 saturated heterocycles. The lowest BCUT2D eigenvalue weighted by molar-refractivity contribution is -0.384. The Morgan fingerprint density at radius 3 is 2.67 bits per heavy atom. The van der Waals surface area contributed by atoms with Gasteiger partial charge in [-0.3, -0.25) is 10.1 Å². The predicted octanol–water partition coefficient (Wildman–Crippen LogP) is 1.36. The van der Waals surface area contributed by atoms with Crippen molar-refractivity contribution in [3.8, 4) is 0 Å². The number of nitro groups is 1. The van der Waals surface area contributed by atoms with Gasteiger partial charge in [0.2, 0.25) is 10.0 Å². The van der Waals surface area contributed by atoms with Gasteiger partial charge >= 0.3 is 0 Å². The van der Waals surface area contributed by atoms with E-state index >= 15 is 0 Å². The molecule has 0 aliphatic heterocycles. The molecular weight excluding hydrogens is 294 g/mol. The largest absolute Gasteiger partial charge is 0.313 e. The van der Waals surface area contributed by atoms with Crippen LogP contribution in [0.25, 0.3) is 0 Å². The number of rotatable bonds is 9.